The highest BCUT2D eigenvalue weighted by Gasteiger charge is 2.44. The van der Waals surface area contributed by atoms with Crippen LogP contribution in [-0.4, -0.2) is 52.0 Å². The molecule has 0 bridgehead atoms. The minimum absolute atomic E-state index is 0.0442. The Labute approximate surface area is 266 Å². The van der Waals surface area contributed by atoms with Crippen LogP contribution in [0.2, 0.25) is 0 Å². The lowest BCUT2D eigenvalue weighted by molar-refractivity contribution is -0.151. The number of aromatic nitrogens is 3. The highest BCUT2D eigenvalue weighted by Crippen LogP contribution is 2.48. The van der Waals surface area contributed by atoms with Crippen molar-refractivity contribution in [1.82, 2.24) is 15.0 Å². The van der Waals surface area contributed by atoms with E-state index in [0.29, 0.717) is 54.6 Å². The number of phenols is 1. The summed E-state index contributed by atoms with van der Waals surface area (Å²) in [4.78, 5) is 15.5. The standard InChI is InChI=1S/C32H36F2N4O3.2C2H6/c1-3-23-25(33)8-7-21-17-22(39)18-24(26(21)23)28-27(34)29(38-15-5-9-32(19-38)12-16-41-32)37-30(36-14-6-13-35-28)40-20-31(4-2)10-11-31;2*1-2/h6-8,13-14,17-18,39H,3-5,9-12,15-16,19-20H2,1-2H3;2*1-2H3. The summed E-state index contributed by atoms with van der Waals surface area (Å²) in [7, 11) is 0. The quantitative estimate of drug-likeness (QED) is 0.282. The van der Waals surface area contributed by atoms with Gasteiger partial charge in [-0.25, -0.2) is 13.8 Å². The summed E-state index contributed by atoms with van der Waals surface area (Å²) in [5.74, 6) is -1.10. The van der Waals surface area contributed by atoms with Crippen LogP contribution >= 0.6 is 0 Å². The SMILES string of the molecule is CC.CC.CCc1c(F)ccc2cc(O)cc(-c3ncccnc(OCC4(CC)CC4)nc(N4CCCC5(CCO5)C4)c3F)c12. The fourth-order valence-corrected chi connectivity index (χ4v) is 6.08. The first kappa shape index (κ1) is 34.3. The van der Waals surface area contributed by atoms with Crippen LogP contribution in [0.3, 0.4) is 0 Å². The molecule has 3 aromatic rings. The number of hydrogen-bond acceptors (Lipinski definition) is 7. The first-order valence-electron chi connectivity index (χ1n) is 16.6. The molecule has 3 aliphatic rings. The summed E-state index contributed by atoms with van der Waals surface area (Å²) < 4.78 is 44.1. The zero-order valence-electron chi connectivity index (χ0n) is 27.6. The number of hydrogen-bond donors (Lipinski definition) is 1. The molecule has 2 aromatic carbocycles. The summed E-state index contributed by atoms with van der Waals surface area (Å²) in [5.41, 5.74) is 0.472. The fraction of sp³-hybridized carbons (Fsp3) is 0.528. The lowest BCUT2D eigenvalue weighted by atomic mass is 9.86. The monoisotopic (exact) mass is 622 g/mol. The van der Waals surface area contributed by atoms with Crippen LogP contribution in [0.5, 0.6) is 11.8 Å². The molecule has 1 saturated carbocycles. The highest BCUT2D eigenvalue weighted by molar-refractivity contribution is 6.00. The molecule has 2 aliphatic heterocycles. The number of halogens is 2. The van der Waals surface area contributed by atoms with Crippen LogP contribution in [-0.2, 0) is 11.2 Å². The Hall–Kier alpha value is -3.59. The first-order valence-corrected chi connectivity index (χ1v) is 16.6. The molecule has 2 saturated heterocycles. The van der Waals surface area contributed by atoms with Crippen molar-refractivity contribution >= 4 is 16.6 Å². The average Bonchev–Trinajstić information content (AvgIpc) is 3.85. The molecule has 0 radical (unpaired) electrons. The number of rotatable bonds is 7. The molecule has 45 heavy (non-hydrogen) atoms. The summed E-state index contributed by atoms with van der Waals surface area (Å²) in [6.45, 7) is 14.2. The van der Waals surface area contributed by atoms with Gasteiger partial charge in [0.05, 0.1) is 18.8 Å². The van der Waals surface area contributed by atoms with Gasteiger partial charge in [0.15, 0.2) is 11.6 Å². The van der Waals surface area contributed by atoms with E-state index >= 15 is 4.39 Å². The Morgan fingerprint density at radius 3 is 2.38 bits per heavy atom. The fourth-order valence-electron chi connectivity index (χ4n) is 6.08. The second-order valence-corrected chi connectivity index (χ2v) is 11.5. The summed E-state index contributed by atoms with van der Waals surface area (Å²) in [6.07, 6.45) is 9.14. The molecule has 1 spiro atoms. The van der Waals surface area contributed by atoms with Gasteiger partial charge in [-0.15, -0.1) is 0 Å². The molecule has 1 aromatic heterocycles. The third-order valence-electron chi connectivity index (χ3n) is 8.95. The topological polar surface area (TPSA) is 80.6 Å². The van der Waals surface area contributed by atoms with Crippen LogP contribution < -0.4 is 9.64 Å². The van der Waals surface area contributed by atoms with Crippen molar-refractivity contribution in [2.45, 2.75) is 92.1 Å². The Balaban J connectivity index is 0.00000111. The minimum Gasteiger partial charge on any atom is -0.508 e. The maximum absolute atomic E-state index is 17.1. The molecule has 7 nitrogen and oxygen atoms in total. The number of piperidine rings is 1. The van der Waals surface area contributed by atoms with Crippen molar-refractivity contribution in [2.75, 3.05) is 31.2 Å². The zero-order chi connectivity index (χ0) is 32.6. The molecule has 1 atom stereocenters. The van der Waals surface area contributed by atoms with E-state index in [4.69, 9.17) is 9.47 Å². The van der Waals surface area contributed by atoms with E-state index in [1.165, 1.54) is 24.5 Å². The molecular formula is C36H48F2N4O3. The van der Waals surface area contributed by atoms with Crippen molar-refractivity contribution in [2.24, 2.45) is 5.41 Å². The number of aromatic hydroxyl groups is 1. The molecule has 0 amide bonds. The third-order valence-corrected chi connectivity index (χ3v) is 8.95. The van der Waals surface area contributed by atoms with E-state index in [1.54, 1.807) is 18.2 Å². The van der Waals surface area contributed by atoms with Crippen LogP contribution in [0.1, 0.15) is 85.6 Å². The van der Waals surface area contributed by atoms with Gasteiger partial charge in [0.2, 0.25) is 0 Å². The van der Waals surface area contributed by atoms with Crippen LogP contribution in [0.15, 0.2) is 42.7 Å². The maximum Gasteiger partial charge on any atom is 0.318 e. The normalized spacial score (nSPS) is 19.3. The molecular weight excluding hydrogens is 574 g/mol. The molecule has 9 heteroatoms. The number of anilines is 1. The molecule has 1 N–H and O–H groups in total. The van der Waals surface area contributed by atoms with Gasteiger partial charge in [0.25, 0.3) is 0 Å². The Morgan fingerprint density at radius 2 is 1.73 bits per heavy atom. The third kappa shape index (κ3) is 7.46. The van der Waals surface area contributed by atoms with Crippen molar-refractivity contribution in [3.63, 3.8) is 0 Å². The average molecular weight is 623 g/mol. The second-order valence-electron chi connectivity index (χ2n) is 11.5. The number of phenolic OH excluding ortho intramolecular Hbond substituents is 1. The zero-order valence-corrected chi connectivity index (χ0v) is 27.6. The van der Waals surface area contributed by atoms with E-state index < -0.39 is 11.6 Å². The van der Waals surface area contributed by atoms with Gasteiger partial charge in [0.1, 0.15) is 17.3 Å². The highest BCUT2D eigenvalue weighted by atomic mass is 19.1. The van der Waals surface area contributed by atoms with E-state index in [9.17, 15) is 9.50 Å². The summed E-state index contributed by atoms with van der Waals surface area (Å²) in [5, 5.41) is 11.7. The van der Waals surface area contributed by atoms with E-state index in [1.807, 2.05) is 39.5 Å². The smallest absolute Gasteiger partial charge is 0.318 e. The summed E-state index contributed by atoms with van der Waals surface area (Å²) in [6, 6.07) is 7.61. The molecule has 1 unspecified atom stereocenters. The predicted molar refractivity (Wildman–Crippen MR) is 176 cm³/mol. The number of nitrogens with zero attached hydrogens (tertiary/aromatic N) is 4. The first-order chi connectivity index (χ1) is 21.9. The lowest BCUT2D eigenvalue weighted by Gasteiger charge is -2.48. The largest absolute Gasteiger partial charge is 0.508 e. The van der Waals surface area contributed by atoms with Crippen LogP contribution in [0, 0.1) is 17.0 Å². The Kier molecular flexibility index (Phi) is 11.5. The predicted octanol–water partition coefficient (Wildman–Crippen LogP) is 8.74. The molecule has 244 valence electrons. The van der Waals surface area contributed by atoms with Gasteiger partial charge >= 0.3 is 6.01 Å². The van der Waals surface area contributed by atoms with Crippen LogP contribution in [0.4, 0.5) is 14.6 Å². The molecule has 3 heterocycles. The Morgan fingerprint density at radius 1 is 1.00 bits per heavy atom. The van der Waals surface area contributed by atoms with Gasteiger partial charge < -0.3 is 19.5 Å². The van der Waals surface area contributed by atoms with E-state index in [-0.39, 0.29) is 34.3 Å². The van der Waals surface area contributed by atoms with Crippen molar-refractivity contribution < 1.29 is 23.4 Å². The van der Waals surface area contributed by atoms with Gasteiger partial charge in [0, 0.05) is 42.9 Å². The number of aryl methyl sites for hydroxylation is 1. The Bertz CT molecular complexity index is 1520. The van der Waals surface area contributed by atoms with Gasteiger partial charge in [-0.1, -0.05) is 47.6 Å². The van der Waals surface area contributed by atoms with Crippen molar-refractivity contribution in [3.05, 3.63) is 59.9 Å². The molecule has 3 fully saturated rings. The van der Waals surface area contributed by atoms with Crippen molar-refractivity contribution in [3.8, 4) is 23.0 Å². The number of fused-ring (bicyclic) bond motifs is 1. The lowest BCUT2D eigenvalue weighted by Crippen LogP contribution is -2.56. The number of benzene rings is 2. The maximum atomic E-state index is 17.1. The van der Waals surface area contributed by atoms with E-state index in [2.05, 4.69) is 21.9 Å². The number of ether oxygens (including phenoxy) is 2. The summed E-state index contributed by atoms with van der Waals surface area (Å²) >= 11 is 0. The van der Waals surface area contributed by atoms with Gasteiger partial charge in [-0.05, 0) is 79.1 Å². The van der Waals surface area contributed by atoms with Crippen molar-refractivity contribution in [1.29, 1.82) is 0 Å². The minimum atomic E-state index is -0.695. The van der Waals surface area contributed by atoms with Crippen LogP contribution in [0.25, 0.3) is 22.0 Å². The molecule has 6 rings (SSSR count). The van der Waals surface area contributed by atoms with E-state index in [0.717, 1.165) is 38.5 Å². The second kappa shape index (κ2) is 15.1. The molecule has 1 aliphatic carbocycles. The van der Waals surface area contributed by atoms with Gasteiger partial charge in [-0.2, -0.15) is 4.98 Å². The van der Waals surface area contributed by atoms with Gasteiger partial charge in [-0.3, -0.25) is 4.98 Å².